The number of amides is 1. The minimum absolute atomic E-state index is 0.136. The van der Waals surface area contributed by atoms with Crippen molar-refractivity contribution in [3.63, 3.8) is 0 Å². The average molecular weight is 313 g/mol. The van der Waals surface area contributed by atoms with Crippen molar-refractivity contribution >= 4 is 5.91 Å². The largest absolute Gasteiger partial charge is 0.491 e. The topological polar surface area (TPSA) is 58.6 Å². The summed E-state index contributed by atoms with van der Waals surface area (Å²) in [6, 6.07) is 13.3. The van der Waals surface area contributed by atoms with Gasteiger partial charge in [-0.15, -0.1) is 0 Å². The number of ether oxygens (including phenoxy) is 1. The molecule has 23 heavy (non-hydrogen) atoms. The van der Waals surface area contributed by atoms with Gasteiger partial charge in [0.2, 0.25) is 0 Å². The van der Waals surface area contributed by atoms with Crippen LogP contribution in [0.3, 0.4) is 0 Å². The highest BCUT2D eigenvalue weighted by molar-refractivity contribution is 5.95. The summed E-state index contributed by atoms with van der Waals surface area (Å²) in [7, 11) is 0. The van der Waals surface area contributed by atoms with Crippen LogP contribution in [0, 0.1) is 20.8 Å². The van der Waals surface area contributed by atoms with Gasteiger partial charge in [0.1, 0.15) is 18.5 Å². The summed E-state index contributed by atoms with van der Waals surface area (Å²) in [5.74, 6) is 0.530. The predicted octanol–water partition coefficient (Wildman–Crippen LogP) is 2.78. The molecule has 0 radical (unpaired) electrons. The number of nitrogens with one attached hydrogen (secondary N) is 1. The Hall–Kier alpha value is -2.33. The lowest BCUT2D eigenvalue weighted by atomic mass is 10.1. The Kier molecular flexibility index (Phi) is 5.77. The molecule has 4 nitrogen and oxygen atoms in total. The van der Waals surface area contributed by atoms with Crippen molar-refractivity contribution in [3.05, 3.63) is 64.7 Å². The molecule has 2 aromatic carbocycles. The van der Waals surface area contributed by atoms with E-state index in [0.29, 0.717) is 11.3 Å². The Labute approximate surface area is 137 Å². The maximum Gasteiger partial charge on any atom is 0.251 e. The van der Waals surface area contributed by atoms with Crippen LogP contribution in [-0.2, 0) is 0 Å². The van der Waals surface area contributed by atoms with Crippen LogP contribution >= 0.6 is 0 Å². The molecule has 2 aromatic rings. The first kappa shape index (κ1) is 17.0. The average Bonchev–Trinajstić information content (AvgIpc) is 2.50. The molecule has 0 aliphatic carbocycles. The number of aryl methyl sites for hydroxylation is 3. The molecule has 4 heteroatoms. The molecule has 0 saturated carbocycles. The molecule has 0 aliphatic heterocycles. The third-order valence-corrected chi connectivity index (χ3v) is 3.56. The number of rotatable bonds is 6. The van der Waals surface area contributed by atoms with Gasteiger partial charge in [0.15, 0.2) is 0 Å². The molecule has 1 atom stereocenters. The van der Waals surface area contributed by atoms with Gasteiger partial charge in [-0.2, -0.15) is 0 Å². The Morgan fingerprint density at radius 2 is 1.87 bits per heavy atom. The zero-order valence-electron chi connectivity index (χ0n) is 13.8. The Morgan fingerprint density at radius 1 is 1.13 bits per heavy atom. The fraction of sp³-hybridized carbons (Fsp3) is 0.316. The van der Waals surface area contributed by atoms with Gasteiger partial charge >= 0.3 is 0 Å². The van der Waals surface area contributed by atoms with Crippen molar-refractivity contribution in [1.29, 1.82) is 0 Å². The van der Waals surface area contributed by atoms with E-state index < -0.39 is 6.10 Å². The summed E-state index contributed by atoms with van der Waals surface area (Å²) in [6.07, 6.45) is -0.759. The summed E-state index contributed by atoms with van der Waals surface area (Å²) in [4.78, 5) is 12.1. The van der Waals surface area contributed by atoms with Crippen LogP contribution in [0.15, 0.2) is 42.5 Å². The van der Waals surface area contributed by atoms with E-state index in [9.17, 15) is 9.90 Å². The van der Waals surface area contributed by atoms with Crippen molar-refractivity contribution in [2.24, 2.45) is 0 Å². The zero-order chi connectivity index (χ0) is 16.8. The lowest BCUT2D eigenvalue weighted by molar-refractivity contribution is 0.0843. The third kappa shape index (κ3) is 5.11. The number of benzene rings is 2. The minimum atomic E-state index is -0.759. The number of hydrogen-bond donors (Lipinski definition) is 2. The normalized spacial score (nSPS) is 11.8. The lowest BCUT2D eigenvalue weighted by Crippen LogP contribution is -2.35. The molecule has 0 heterocycles. The van der Waals surface area contributed by atoms with Crippen LogP contribution in [0.4, 0.5) is 0 Å². The van der Waals surface area contributed by atoms with Crippen LogP contribution in [-0.4, -0.2) is 30.3 Å². The monoisotopic (exact) mass is 313 g/mol. The van der Waals surface area contributed by atoms with Crippen LogP contribution < -0.4 is 10.1 Å². The first-order valence-corrected chi connectivity index (χ1v) is 7.68. The van der Waals surface area contributed by atoms with Crippen molar-refractivity contribution in [3.8, 4) is 5.75 Å². The molecule has 122 valence electrons. The van der Waals surface area contributed by atoms with E-state index in [1.165, 1.54) is 0 Å². The first-order chi connectivity index (χ1) is 11.0. The van der Waals surface area contributed by atoms with Gasteiger partial charge in [-0.3, -0.25) is 4.79 Å². The molecule has 2 N–H and O–H groups in total. The van der Waals surface area contributed by atoms with E-state index in [2.05, 4.69) is 5.32 Å². The highest BCUT2D eigenvalue weighted by Crippen LogP contribution is 2.13. The van der Waals surface area contributed by atoms with E-state index in [1.807, 2.05) is 57.2 Å². The summed E-state index contributed by atoms with van der Waals surface area (Å²) in [5.41, 5.74) is 3.76. The van der Waals surface area contributed by atoms with Crippen molar-refractivity contribution in [2.45, 2.75) is 26.9 Å². The van der Waals surface area contributed by atoms with E-state index in [-0.39, 0.29) is 19.1 Å². The third-order valence-electron chi connectivity index (χ3n) is 3.56. The van der Waals surface area contributed by atoms with Crippen LogP contribution in [0.2, 0.25) is 0 Å². The van der Waals surface area contributed by atoms with Crippen LogP contribution in [0.25, 0.3) is 0 Å². The molecule has 0 spiro atoms. The summed E-state index contributed by atoms with van der Waals surface area (Å²) in [6.45, 7) is 6.16. The van der Waals surface area contributed by atoms with E-state index in [4.69, 9.17) is 4.74 Å². The van der Waals surface area contributed by atoms with E-state index >= 15 is 0 Å². The molecule has 0 aromatic heterocycles. The van der Waals surface area contributed by atoms with Crippen molar-refractivity contribution in [2.75, 3.05) is 13.2 Å². The van der Waals surface area contributed by atoms with Crippen molar-refractivity contribution < 1.29 is 14.6 Å². The van der Waals surface area contributed by atoms with Gasteiger partial charge in [-0.05, 0) is 50.1 Å². The summed E-state index contributed by atoms with van der Waals surface area (Å²) >= 11 is 0. The molecule has 0 bridgehead atoms. The molecule has 0 fully saturated rings. The fourth-order valence-corrected chi connectivity index (χ4v) is 2.33. The van der Waals surface area contributed by atoms with Gasteiger partial charge < -0.3 is 15.2 Å². The predicted molar refractivity (Wildman–Crippen MR) is 90.9 cm³/mol. The second kappa shape index (κ2) is 7.79. The maximum atomic E-state index is 12.1. The minimum Gasteiger partial charge on any atom is -0.491 e. The Bertz CT molecular complexity index is 682. The molecular formula is C19H23NO3. The molecular weight excluding hydrogens is 290 g/mol. The van der Waals surface area contributed by atoms with Crippen LogP contribution in [0.1, 0.15) is 27.0 Å². The van der Waals surface area contributed by atoms with Crippen molar-refractivity contribution in [1.82, 2.24) is 5.32 Å². The zero-order valence-corrected chi connectivity index (χ0v) is 13.8. The number of aliphatic hydroxyl groups is 1. The molecule has 0 aliphatic rings. The highest BCUT2D eigenvalue weighted by atomic mass is 16.5. The smallest absolute Gasteiger partial charge is 0.251 e. The van der Waals surface area contributed by atoms with E-state index in [0.717, 1.165) is 16.7 Å². The first-order valence-electron chi connectivity index (χ1n) is 7.68. The quantitative estimate of drug-likeness (QED) is 0.862. The molecule has 1 unspecified atom stereocenters. The highest BCUT2D eigenvalue weighted by Gasteiger charge is 2.11. The van der Waals surface area contributed by atoms with E-state index in [1.54, 1.807) is 6.07 Å². The molecule has 1 amide bonds. The summed E-state index contributed by atoms with van der Waals surface area (Å²) in [5, 5.41) is 12.7. The number of aliphatic hydroxyl groups excluding tert-OH is 1. The lowest BCUT2D eigenvalue weighted by Gasteiger charge is -2.14. The Balaban J connectivity index is 1.81. The van der Waals surface area contributed by atoms with Gasteiger partial charge in [0.25, 0.3) is 5.91 Å². The van der Waals surface area contributed by atoms with Gasteiger partial charge in [0, 0.05) is 12.1 Å². The number of carbonyl (C=O) groups excluding carboxylic acids is 1. The van der Waals surface area contributed by atoms with Crippen LogP contribution in [0.5, 0.6) is 5.75 Å². The standard InChI is InChI=1S/C19H23NO3/c1-13-5-4-6-17(10-13)23-12-16(21)11-20-19(22)18-8-7-14(2)9-15(18)3/h4-10,16,21H,11-12H2,1-3H3,(H,20,22). The van der Waals surface area contributed by atoms with Gasteiger partial charge in [0.05, 0.1) is 0 Å². The number of hydrogen-bond acceptors (Lipinski definition) is 3. The second-order valence-corrected chi connectivity index (χ2v) is 5.81. The number of carbonyl (C=O) groups is 1. The molecule has 0 saturated heterocycles. The Morgan fingerprint density at radius 3 is 2.57 bits per heavy atom. The van der Waals surface area contributed by atoms with Gasteiger partial charge in [-0.1, -0.05) is 29.8 Å². The second-order valence-electron chi connectivity index (χ2n) is 5.81. The molecule has 2 rings (SSSR count). The van der Waals surface area contributed by atoms with Gasteiger partial charge in [-0.25, -0.2) is 0 Å². The maximum absolute atomic E-state index is 12.1. The SMILES string of the molecule is Cc1cccc(OCC(O)CNC(=O)c2ccc(C)cc2C)c1. The summed E-state index contributed by atoms with van der Waals surface area (Å²) < 4.78 is 5.52. The fourth-order valence-electron chi connectivity index (χ4n) is 2.33.